The molecule has 1 rings (SSSR count). The van der Waals surface area contributed by atoms with Crippen LogP contribution in [0.2, 0.25) is 0 Å². The van der Waals surface area contributed by atoms with E-state index in [1.54, 1.807) is 0 Å². The van der Waals surface area contributed by atoms with E-state index in [1.807, 2.05) is 0 Å². The Morgan fingerprint density at radius 2 is 2.00 bits per heavy atom. The van der Waals surface area contributed by atoms with Gasteiger partial charge in [0.1, 0.15) is 11.7 Å². The molecular weight excluding hydrogens is 265 g/mol. The number of pyridine rings is 1. The molecule has 5 nitrogen and oxygen atoms in total. The number of carboxylic acids is 1. The predicted molar refractivity (Wildman–Crippen MR) is 58.4 cm³/mol. The van der Waals surface area contributed by atoms with Crippen LogP contribution < -0.4 is 0 Å². The van der Waals surface area contributed by atoms with Crippen molar-refractivity contribution in [3.63, 3.8) is 0 Å². The summed E-state index contributed by atoms with van der Waals surface area (Å²) in [4.78, 5) is 26.7. The van der Waals surface area contributed by atoms with E-state index in [4.69, 9.17) is 5.11 Å². The molecule has 0 aliphatic rings. The Labute approximate surface area is 106 Å². The zero-order chi connectivity index (χ0) is 14.8. The van der Waals surface area contributed by atoms with E-state index in [1.165, 1.54) is 6.92 Å². The zero-order valence-electron chi connectivity index (χ0n) is 10.1. The average Bonchev–Trinajstić information content (AvgIpc) is 2.35. The van der Waals surface area contributed by atoms with Crippen LogP contribution in [0.1, 0.15) is 23.0 Å². The minimum absolute atomic E-state index is 0.694. The van der Waals surface area contributed by atoms with Gasteiger partial charge in [-0.05, 0) is 19.1 Å². The number of aliphatic carboxylic acids is 1. The van der Waals surface area contributed by atoms with E-state index in [0.717, 1.165) is 25.4 Å². The molecular formula is C11H11F3N2O3. The van der Waals surface area contributed by atoms with Gasteiger partial charge in [-0.1, -0.05) is 0 Å². The molecule has 19 heavy (non-hydrogen) atoms. The lowest BCUT2D eigenvalue weighted by atomic mass is 10.1. The number of amides is 1. The Bertz CT molecular complexity index is 502. The lowest BCUT2D eigenvalue weighted by molar-refractivity contribution is -0.141. The van der Waals surface area contributed by atoms with E-state index >= 15 is 0 Å². The highest BCUT2D eigenvalue weighted by atomic mass is 19.4. The monoisotopic (exact) mass is 276 g/mol. The molecule has 0 spiro atoms. The summed E-state index contributed by atoms with van der Waals surface area (Å²) in [7, 11) is 1.11. The van der Waals surface area contributed by atoms with E-state index in [-0.39, 0.29) is 0 Å². The molecule has 0 aliphatic heterocycles. The molecule has 1 heterocycles. The van der Waals surface area contributed by atoms with Gasteiger partial charge in [0.25, 0.3) is 5.91 Å². The number of aromatic nitrogens is 1. The third-order valence-electron chi connectivity index (χ3n) is 2.57. The van der Waals surface area contributed by atoms with Crippen LogP contribution in [-0.4, -0.2) is 40.0 Å². The molecule has 1 N–H and O–H groups in total. The first kappa shape index (κ1) is 14.9. The molecule has 0 saturated heterocycles. The number of likely N-dealkylation sites (N-methyl/N-ethyl adjacent to an activating group) is 1. The van der Waals surface area contributed by atoms with Crippen molar-refractivity contribution in [1.82, 2.24) is 9.88 Å². The Balaban J connectivity index is 3.17. The third kappa shape index (κ3) is 3.21. The van der Waals surface area contributed by atoms with E-state index in [9.17, 15) is 22.8 Å². The highest BCUT2D eigenvalue weighted by Gasteiger charge is 2.37. The van der Waals surface area contributed by atoms with Gasteiger partial charge in [0.15, 0.2) is 0 Å². The van der Waals surface area contributed by atoms with Gasteiger partial charge < -0.3 is 10.0 Å². The minimum Gasteiger partial charge on any atom is -0.480 e. The number of carboxylic acid groups (broad SMARTS) is 1. The van der Waals surface area contributed by atoms with Gasteiger partial charge in [0.05, 0.1) is 5.56 Å². The number of hydrogen-bond acceptors (Lipinski definition) is 3. The van der Waals surface area contributed by atoms with Crippen LogP contribution in [0.4, 0.5) is 13.2 Å². The summed E-state index contributed by atoms with van der Waals surface area (Å²) in [5.74, 6) is -2.41. The van der Waals surface area contributed by atoms with Gasteiger partial charge in [-0.2, -0.15) is 13.2 Å². The van der Waals surface area contributed by atoms with E-state index < -0.39 is 35.4 Å². The Morgan fingerprint density at radius 1 is 1.42 bits per heavy atom. The third-order valence-corrected chi connectivity index (χ3v) is 2.57. The first-order valence-corrected chi connectivity index (χ1v) is 5.18. The van der Waals surface area contributed by atoms with Crippen LogP contribution in [0.3, 0.4) is 0 Å². The summed E-state index contributed by atoms with van der Waals surface area (Å²) in [6.07, 6.45) is -3.69. The molecule has 0 bridgehead atoms. The topological polar surface area (TPSA) is 70.5 Å². The first-order chi connectivity index (χ1) is 8.66. The van der Waals surface area contributed by atoms with Crippen LogP contribution in [0, 0.1) is 0 Å². The largest absolute Gasteiger partial charge is 0.480 e. The normalized spacial score (nSPS) is 12.9. The van der Waals surface area contributed by atoms with Gasteiger partial charge >= 0.3 is 12.1 Å². The molecule has 0 fully saturated rings. The molecule has 1 aromatic rings. The summed E-state index contributed by atoms with van der Waals surface area (Å²) < 4.78 is 38.1. The van der Waals surface area contributed by atoms with Crippen molar-refractivity contribution in [2.24, 2.45) is 0 Å². The molecule has 0 radical (unpaired) electrons. The standard InChI is InChI=1S/C11H11F3N2O3/c1-6(10(18)19)16(2)9(17)8-7(11(12,13)14)4-3-5-15-8/h3-6H,1-2H3,(H,18,19). The second-order valence-electron chi connectivity index (χ2n) is 3.83. The number of hydrogen-bond donors (Lipinski definition) is 1. The predicted octanol–water partition coefficient (Wildman–Crippen LogP) is 1.65. The van der Waals surface area contributed by atoms with Gasteiger partial charge in [-0.3, -0.25) is 9.78 Å². The van der Waals surface area contributed by atoms with E-state index in [2.05, 4.69) is 4.98 Å². The summed E-state index contributed by atoms with van der Waals surface area (Å²) in [5.41, 5.74) is -2.00. The van der Waals surface area contributed by atoms with Crippen molar-refractivity contribution in [3.05, 3.63) is 29.6 Å². The minimum atomic E-state index is -4.73. The van der Waals surface area contributed by atoms with Crippen LogP contribution in [0.5, 0.6) is 0 Å². The lowest BCUT2D eigenvalue weighted by Gasteiger charge is -2.22. The van der Waals surface area contributed by atoms with Crippen LogP contribution in [0.15, 0.2) is 18.3 Å². The molecule has 1 unspecified atom stereocenters. The van der Waals surface area contributed by atoms with Crippen LogP contribution >= 0.6 is 0 Å². The first-order valence-electron chi connectivity index (χ1n) is 5.18. The maximum absolute atomic E-state index is 12.7. The summed E-state index contributed by atoms with van der Waals surface area (Å²) in [5, 5.41) is 8.74. The van der Waals surface area contributed by atoms with Crippen molar-refractivity contribution in [2.75, 3.05) is 7.05 Å². The number of halogens is 3. The highest BCUT2D eigenvalue weighted by Crippen LogP contribution is 2.31. The maximum Gasteiger partial charge on any atom is 0.418 e. The van der Waals surface area contributed by atoms with Crippen molar-refractivity contribution >= 4 is 11.9 Å². The Hall–Kier alpha value is -2.12. The van der Waals surface area contributed by atoms with Crippen molar-refractivity contribution in [2.45, 2.75) is 19.1 Å². The van der Waals surface area contributed by atoms with Gasteiger partial charge in [0.2, 0.25) is 0 Å². The number of nitrogens with zero attached hydrogens (tertiary/aromatic N) is 2. The fourth-order valence-corrected chi connectivity index (χ4v) is 1.31. The molecule has 0 aliphatic carbocycles. The van der Waals surface area contributed by atoms with Crippen molar-refractivity contribution < 1.29 is 27.9 Å². The molecule has 1 aromatic heterocycles. The molecule has 1 amide bonds. The quantitative estimate of drug-likeness (QED) is 0.911. The lowest BCUT2D eigenvalue weighted by Crippen LogP contribution is -2.41. The molecule has 0 aromatic carbocycles. The van der Waals surface area contributed by atoms with Crippen LogP contribution in [0.25, 0.3) is 0 Å². The fourth-order valence-electron chi connectivity index (χ4n) is 1.31. The number of carbonyl (C=O) groups excluding carboxylic acids is 1. The summed E-state index contributed by atoms with van der Waals surface area (Å²) in [6.45, 7) is 1.19. The second-order valence-corrected chi connectivity index (χ2v) is 3.83. The van der Waals surface area contributed by atoms with E-state index in [0.29, 0.717) is 4.90 Å². The Kier molecular flexibility index (Phi) is 4.13. The maximum atomic E-state index is 12.7. The number of carbonyl (C=O) groups is 2. The summed E-state index contributed by atoms with van der Waals surface area (Å²) >= 11 is 0. The average molecular weight is 276 g/mol. The summed E-state index contributed by atoms with van der Waals surface area (Å²) in [6, 6.07) is 0.523. The molecule has 8 heteroatoms. The molecule has 1 atom stereocenters. The zero-order valence-corrected chi connectivity index (χ0v) is 10.1. The van der Waals surface area contributed by atoms with Gasteiger partial charge in [-0.25, -0.2) is 4.79 Å². The van der Waals surface area contributed by atoms with Crippen LogP contribution in [-0.2, 0) is 11.0 Å². The SMILES string of the molecule is CC(C(=O)O)N(C)C(=O)c1ncccc1C(F)(F)F. The smallest absolute Gasteiger partial charge is 0.418 e. The fraction of sp³-hybridized carbons (Fsp3) is 0.364. The van der Waals surface area contributed by atoms with Gasteiger partial charge in [0, 0.05) is 13.2 Å². The number of alkyl halides is 3. The second kappa shape index (κ2) is 5.25. The Morgan fingerprint density at radius 3 is 2.47 bits per heavy atom. The van der Waals surface area contributed by atoms with Gasteiger partial charge in [-0.15, -0.1) is 0 Å². The highest BCUT2D eigenvalue weighted by molar-refractivity contribution is 5.96. The van der Waals surface area contributed by atoms with Crippen molar-refractivity contribution in [3.8, 4) is 0 Å². The molecule has 0 saturated carbocycles. The van der Waals surface area contributed by atoms with Crippen molar-refractivity contribution in [1.29, 1.82) is 0 Å². The number of rotatable bonds is 3. The molecule has 104 valence electrons.